The molecule has 8 heteroatoms. The van der Waals surface area contributed by atoms with Crippen LogP contribution in [0, 0.1) is 0 Å². The van der Waals surface area contributed by atoms with Crippen molar-refractivity contribution < 1.29 is 28.3 Å². The topological polar surface area (TPSA) is 82.1 Å². The van der Waals surface area contributed by atoms with E-state index in [4.69, 9.17) is 25.4 Å². The van der Waals surface area contributed by atoms with Crippen LogP contribution in [0.1, 0.15) is 20.3 Å². The van der Waals surface area contributed by atoms with Gasteiger partial charge in [0, 0.05) is 20.6 Å². The van der Waals surface area contributed by atoms with Crippen LogP contribution in [0.2, 0.25) is 0 Å². The third kappa shape index (κ3) is 2.24. The highest BCUT2D eigenvalue weighted by atomic mass is 35.5. The number of halogens is 1. The van der Waals surface area contributed by atoms with Gasteiger partial charge < -0.3 is 18.9 Å². The Kier molecular flexibility index (Phi) is 4.62. The first-order valence-corrected chi connectivity index (χ1v) is 7.16. The van der Waals surface area contributed by atoms with Crippen LogP contribution in [-0.2, 0) is 23.1 Å². The fourth-order valence-corrected chi connectivity index (χ4v) is 4.18. The summed E-state index contributed by atoms with van der Waals surface area (Å²) in [5.74, 6) is -0.699. The Morgan fingerprint density at radius 1 is 1.50 bits per heavy atom. The average molecular weight is 299 g/mol. The van der Waals surface area contributed by atoms with E-state index in [0.717, 1.165) is 0 Å². The van der Waals surface area contributed by atoms with Gasteiger partial charge in [0.2, 0.25) is 0 Å². The van der Waals surface area contributed by atoms with Crippen molar-refractivity contribution in [2.45, 2.75) is 31.7 Å². The molecule has 0 saturated carbocycles. The van der Waals surface area contributed by atoms with Gasteiger partial charge in [-0.3, -0.25) is 4.57 Å². The number of hydrogen-bond acceptors (Lipinski definition) is 6. The molecule has 0 aromatic rings. The van der Waals surface area contributed by atoms with Gasteiger partial charge in [-0.25, -0.2) is 4.79 Å². The normalized spacial score (nSPS) is 26.4. The number of cyclic esters (lactones) is 1. The van der Waals surface area contributed by atoms with Gasteiger partial charge >= 0.3 is 13.6 Å². The zero-order chi connectivity index (χ0) is 14.1. The second-order valence-corrected chi connectivity index (χ2v) is 6.85. The molecule has 1 N–H and O–H groups in total. The van der Waals surface area contributed by atoms with Crippen molar-refractivity contribution in [1.82, 2.24) is 0 Å². The van der Waals surface area contributed by atoms with E-state index < -0.39 is 25.0 Å². The summed E-state index contributed by atoms with van der Waals surface area (Å²) in [6.45, 7) is 2.91. The Bertz CT molecular complexity index is 424. The first kappa shape index (κ1) is 15.7. The maximum atomic E-state index is 12.6. The molecular weight excluding hydrogens is 283 g/mol. The van der Waals surface area contributed by atoms with Crippen LogP contribution >= 0.6 is 19.2 Å². The number of ether oxygens (including phenoxy) is 1. The van der Waals surface area contributed by atoms with Gasteiger partial charge in [-0.1, -0.05) is 11.6 Å². The van der Waals surface area contributed by atoms with Gasteiger partial charge in [0.15, 0.2) is 0 Å². The summed E-state index contributed by atoms with van der Waals surface area (Å²) in [6.07, 6.45) is -1.08. The van der Waals surface area contributed by atoms with Crippen molar-refractivity contribution >= 4 is 25.2 Å². The number of aliphatic hydroxyl groups excluding tert-OH is 1. The molecule has 1 aliphatic rings. The molecule has 1 rings (SSSR count). The summed E-state index contributed by atoms with van der Waals surface area (Å²) in [6, 6.07) is 0. The van der Waals surface area contributed by atoms with Crippen molar-refractivity contribution in [2.24, 2.45) is 0 Å². The van der Waals surface area contributed by atoms with Crippen molar-refractivity contribution in [3.8, 4) is 0 Å². The first-order chi connectivity index (χ1) is 8.24. The average Bonchev–Trinajstić information content (AvgIpc) is 2.53. The summed E-state index contributed by atoms with van der Waals surface area (Å²) in [5, 5.41) is 7.69. The van der Waals surface area contributed by atoms with Gasteiger partial charge in [-0.15, -0.1) is 0 Å². The minimum atomic E-state index is -3.84. The lowest BCUT2D eigenvalue weighted by atomic mass is 10.1. The van der Waals surface area contributed by atoms with E-state index in [-0.39, 0.29) is 17.0 Å². The van der Waals surface area contributed by atoms with Crippen molar-refractivity contribution in [3.05, 3.63) is 10.6 Å². The molecule has 0 aliphatic carbocycles. The number of aliphatic hydroxyl groups is 1. The highest BCUT2D eigenvalue weighted by molar-refractivity contribution is 7.56. The smallest absolute Gasteiger partial charge is 0.379 e. The zero-order valence-corrected chi connectivity index (χ0v) is 12.2. The first-order valence-electron chi connectivity index (χ1n) is 5.24. The molecule has 0 fully saturated rings. The van der Waals surface area contributed by atoms with E-state index in [1.54, 1.807) is 0 Å². The molecule has 0 aromatic carbocycles. The summed E-state index contributed by atoms with van der Waals surface area (Å²) >= 11 is 6.06. The van der Waals surface area contributed by atoms with Gasteiger partial charge in [0.05, 0.1) is 16.7 Å². The van der Waals surface area contributed by atoms with Crippen molar-refractivity contribution in [2.75, 3.05) is 14.2 Å². The molecular formula is C10H16ClO6P. The standard InChI is InChI=1S/C10H16ClO6P/c1-6(12)5-10(18(14,15-3)16-4)8(11)7(2)9(13)17-10/h6,12H,5H2,1-4H3. The highest BCUT2D eigenvalue weighted by Gasteiger charge is 2.61. The largest absolute Gasteiger partial charge is 0.437 e. The molecule has 0 bridgehead atoms. The molecule has 18 heavy (non-hydrogen) atoms. The van der Waals surface area contributed by atoms with Crippen LogP contribution in [0.4, 0.5) is 0 Å². The molecule has 1 aliphatic heterocycles. The number of carbonyl (C=O) groups is 1. The molecule has 0 aromatic heterocycles. The SMILES string of the molecule is COP(=O)(OC)C1(CC(C)O)OC(=O)C(C)=C1Cl. The maximum Gasteiger partial charge on any atom is 0.379 e. The molecule has 0 saturated heterocycles. The summed E-state index contributed by atoms with van der Waals surface area (Å²) in [7, 11) is -1.50. The highest BCUT2D eigenvalue weighted by Crippen LogP contribution is 2.67. The zero-order valence-electron chi connectivity index (χ0n) is 10.6. The van der Waals surface area contributed by atoms with Crippen LogP contribution in [0.3, 0.4) is 0 Å². The Balaban J connectivity index is 3.40. The quantitative estimate of drug-likeness (QED) is 0.617. The fraction of sp³-hybridized carbons (Fsp3) is 0.700. The molecule has 0 spiro atoms. The van der Waals surface area contributed by atoms with Crippen LogP contribution < -0.4 is 0 Å². The minimum Gasteiger partial charge on any atom is -0.437 e. The van der Waals surface area contributed by atoms with E-state index in [1.807, 2.05) is 0 Å². The lowest BCUT2D eigenvalue weighted by Crippen LogP contribution is -2.35. The second-order valence-electron chi connectivity index (χ2n) is 4.03. The molecule has 1 heterocycles. The van der Waals surface area contributed by atoms with Crippen molar-refractivity contribution in [1.29, 1.82) is 0 Å². The third-order valence-corrected chi connectivity index (χ3v) is 5.80. The number of hydrogen-bond donors (Lipinski definition) is 1. The predicted octanol–water partition coefficient (Wildman–Crippen LogP) is 2.01. The number of rotatable bonds is 5. The summed E-state index contributed by atoms with van der Waals surface area (Å²) in [4.78, 5) is 11.6. The molecule has 2 unspecified atom stereocenters. The molecule has 0 radical (unpaired) electrons. The van der Waals surface area contributed by atoms with E-state index in [0.29, 0.717) is 0 Å². The van der Waals surface area contributed by atoms with Crippen LogP contribution in [0.15, 0.2) is 10.6 Å². The van der Waals surface area contributed by atoms with Crippen molar-refractivity contribution in [3.63, 3.8) is 0 Å². The summed E-state index contributed by atoms with van der Waals surface area (Å²) in [5.41, 5.74) is 0.131. The Labute approximate surface area is 110 Å². The predicted molar refractivity (Wildman–Crippen MR) is 65.3 cm³/mol. The minimum absolute atomic E-state index is 0.0552. The molecule has 2 atom stereocenters. The van der Waals surface area contributed by atoms with Crippen LogP contribution in [0.25, 0.3) is 0 Å². The van der Waals surface area contributed by atoms with Gasteiger partial charge in [-0.05, 0) is 13.8 Å². The Morgan fingerprint density at radius 2 is 2.00 bits per heavy atom. The van der Waals surface area contributed by atoms with Crippen LogP contribution in [-0.4, -0.2) is 36.7 Å². The van der Waals surface area contributed by atoms with E-state index in [2.05, 4.69) is 0 Å². The summed E-state index contributed by atoms with van der Waals surface area (Å²) < 4.78 is 27.4. The van der Waals surface area contributed by atoms with Gasteiger partial charge in [0.1, 0.15) is 0 Å². The Hall–Kier alpha value is -0.390. The third-order valence-electron chi connectivity index (χ3n) is 2.74. The van der Waals surface area contributed by atoms with E-state index in [1.165, 1.54) is 28.1 Å². The molecule has 0 amide bonds. The van der Waals surface area contributed by atoms with E-state index >= 15 is 0 Å². The number of carbonyl (C=O) groups excluding carboxylic acids is 1. The maximum absolute atomic E-state index is 12.6. The lowest BCUT2D eigenvalue weighted by Gasteiger charge is -2.34. The second kappa shape index (κ2) is 5.31. The molecule has 104 valence electrons. The Morgan fingerprint density at radius 3 is 2.28 bits per heavy atom. The number of esters is 1. The molecule has 6 nitrogen and oxygen atoms in total. The fourth-order valence-electron chi connectivity index (χ4n) is 1.85. The van der Waals surface area contributed by atoms with Crippen LogP contribution in [0.5, 0.6) is 0 Å². The lowest BCUT2D eigenvalue weighted by molar-refractivity contribution is -0.144. The van der Waals surface area contributed by atoms with Gasteiger partial charge in [0.25, 0.3) is 5.34 Å². The van der Waals surface area contributed by atoms with Gasteiger partial charge in [-0.2, -0.15) is 0 Å². The van der Waals surface area contributed by atoms with E-state index in [9.17, 15) is 14.5 Å². The monoisotopic (exact) mass is 298 g/mol.